The molecule has 0 spiro atoms. The molecular weight excluding hydrogens is 408 g/mol. The minimum absolute atomic E-state index is 0.144. The number of carbonyl (C=O) groups excluding carboxylic acids is 1. The molecule has 1 amide bonds. The third kappa shape index (κ3) is 4.57. The molecule has 2 saturated heterocycles. The highest BCUT2D eigenvalue weighted by molar-refractivity contribution is 5.70. The molecule has 3 aliphatic rings. The molecular formula is C23H34N6O3. The van der Waals surface area contributed by atoms with E-state index in [4.69, 9.17) is 16.2 Å². The number of hydrogen-bond donors (Lipinski definition) is 4. The van der Waals surface area contributed by atoms with Crippen molar-refractivity contribution in [2.45, 2.75) is 38.5 Å². The molecule has 9 heteroatoms. The molecule has 0 radical (unpaired) electrons. The van der Waals surface area contributed by atoms with Gasteiger partial charge in [0.2, 0.25) is 0 Å². The summed E-state index contributed by atoms with van der Waals surface area (Å²) < 4.78 is 5.47. The lowest BCUT2D eigenvalue weighted by atomic mass is 10.0. The van der Waals surface area contributed by atoms with Gasteiger partial charge in [0.1, 0.15) is 17.2 Å². The van der Waals surface area contributed by atoms with E-state index in [1.807, 2.05) is 32.9 Å². The van der Waals surface area contributed by atoms with Gasteiger partial charge in [-0.15, -0.1) is 0 Å². The second-order valence-electron chi connectivity index (χ2n) is 9.68. The number of para-hydroxylation sites is 1. The molecule has 0 bridgehead atoms. The van der Waals surface area contributed by atoms with Crippen molar-refractivity contribution < 1.29 is 14.6 Å². The van der Waals surface area contributed by atoms with E-state index in [9.17, 15) is 9.90 Å². The lowest BCUT2D eigenvalue weighted by molar-refractivity contribution is -0.0308. The Kier molecular flexibility index (Phi) is 5.85. The smallest absolute Gasteiger partial charge is 0.410 e. The average Bonchev–Trinajstić information content (AvgIpc) is 2.68. The predicted molar refractivity (Wildman–Crippen MR) is 123 cm³/mol. The van der Waals surface area contributed by atoms with Crippen molar-refractivity contribution >= 4 is 11.8 Å². The quantitative estimate of drug-likeness (QED) is 0.548. The molecule has 1 aromatic carbocycles. The van der Waals surface area contributed by atoms with Gasteiger partial charge < -0.3 is 36.4 Å². The number of likely N-dealkylation sites (tertiary alicyclic amines) is 1. The van der Waals surface area contributed by atoms with E-state index in [0.717, 1.165) is 31.9 Å². The number of piperazine rings is 1. The van der Waals surface area contributed by atoms with E-state index >= 15 is 0 Å². The van der Waals surface area contributed by atoms with E-state index in [0.29, 0.717) is 36.2 Å². The first-order chi connectivity index (χ1) is 15.1. The van der Waals surface area contributed by atoms with Gasteiger partial charge in [0.25, 0.3) is 0 Å². The number of allylic oxidation sites excluding steroid dienone is 1. The number of phenolic OH excluding ortho intramolecular Hbond substituents is 1. The van der Waals surface area contributed by atoms with Crippen LogP contribution in [0.1, 0.15) is 26.3 Å². The average molecular weight is 443 g/mol. The molecule has 1 unspecified atom stereocenters. The highest BCUT2D eigenvalue weighted by Gasteiger charge is 2.41. The maximum atomic E-state index is 12.2. The summed E-state index contributed by atoms with van der Waals surface area (Å²) in [5.74, 6) is 0.734. The van der Waals surface area contributed by atoms with Gasteiger partial charge in [-0.1, -0.05) is 12.1 Å². The molecule has 174 valence electrons. The molecule has 4 rings (SSSR count). The van der Waals surface area contributed by atoms with Crippen molar-refractivity contribution in [2.24, 2.45) is 11.5 Å². The zero-order chi connectivity index (χ0) is 23.0. The van der Waals surface area contributed by atoms with Gasteiger partial charge in [-0.25, -0.2) is 4.79 Å². The SMILES string of the molecule is CC(C)(C)OC(=O)N1CC(N2CCN3C(/C=C(\N)c4ccccc4O)=C(N)NCC3C2)C1. The molecule has 1 atom stereocenters. The maximum absolute atomic E-state index is 12.2. The molecule has 6 N–H and O–H groups in total. The van der Waals surface area contributed by atoms with E-state index in [1.165, 1.54) is 0 Å². The number of aromatic hydroxyl groups is 1. The van der Waals surface area contributed by atoms with Crippen molar-refractivity contribution in [3.8, 4) is 5.75 Å². The summed E-state index contributed by atoms with van der Waals surface area (Å²) in [6.07, 6.45) is 1.60. The zero-order valence-electron chi connectivity index (χ0n) is 19.0. The first kappa shape index (κ1) is 22.1. The molecule has 1 aromatic rings. The predicted octanol–water partition coefficient (Wildman–Crippen LogP) is 1.03. The summed E-state index contributed by atoms with van der Waals surface area (Å²) in [5.41, 5.74) is 14.0. The first-order valence-corrected chi connectivity index (χ1v) is 11.1. The van der Waals surface area contributed by atoms with E-state index in [1.54, 1.807) is 23.1 Å². The molecule has 9 nitrogen and oxygen atoms in total. The number of phenols is 1. The van der Waals surface area contributed by atoms with Crippen molar-refractivity contribution in [2.75, 3.05) is 39.3 Å². The van der Waals surface area contributed by atoms with E-state index in [-0.39, 0.29) is 17.9 Å². The second kappa shape index (κ2) is 8.46. The number of nitrogens with two attached hydrogens (primary N) is 2. The number of carbonyl (C=O) groups is 1. The maximum Gasteiger partial charge on any atom is 0.410 e. The van der Waals surface area contributed by atoms with Crippen LogP contribution >= 0.6 is 0 Å². The third-order valence-electron chi connectivity index (χ3n) is 6.17. The molecule has 2 fully saturated rings. The van der Waals surface area contributed by atoms with Crippen LogP contribution in [0.5, 0.6) is 5.75 Å². The normalized spacial score (nSPS) is 22.8. The van der Waals surface area contributed by atoms with Crippen LogP contribution in [0.3, 0.4) is 0 Å². The first-order valence-electron chi connectivity index (χ1n) is 11.1. The molecule has 0 aromatic heterocycles. The van der Waals surface area contributed by atoms with E-state index in [2.05, 4.69) is 15.1 Å². The Morgan fingerprint density at radius 3 is 2.59 bits per heavy atom. The summed E-state index contributed by atoms with van der Waals surface area (Å²) in [4.78, 5) is 18.7. The van der Waals surface area contributed by atoms with Gasteiger partial charge in [-0.05, 0) is 39.0 Å². The molecule has 3 aliphatic heterocycles. The Balaban J connectivity index is 1.39. The minimum Gasteiger partial charge on any atom is -0.507 e. The van der Waals surface area contributed by atoms with Gasteiger partial charge in [-0.2, -0.15) is 0 Å². The minimum atomic E-state index is -0.476. The Morgan fingerprint density at radius 1 is 1.19 bits per heavy atom. The lowest BCUT2D eigenvalue weighted by Gasteiger charge is -2.52. The lowest BCUT2D eigenvalue weighted by Crippen LogP contribution is -2.67. The van der Waals surface area contributed by atoms with Crippen LogP contribution in [-0.4, -0.2) is 82.9 Å². The van der Waals surface area contributed by atoms with Crippen molar-refractivity contribution in [1.82, 2.24) is 20.0 Å². The summed E-state index contributed by atoms with van der Waals surface area (Å²) in [6.45, 7) is 10.4. The monoisotopic (exact) mass is 442 g/mol. The number of nitrogens with zero attached hydrogens (tertiary/aromatic N) is 3. The molecule has 3 heterocycles. The van der Waals surface area contributed by atoms with Crippen molar-refractivity contribution in [3.05, 3.63) is 47.4 Å². The number of fused-ring (bicyclic) bond motifs is 1. The molecule has 0 aliphatic carbocycles. The number of hydrogen-bond acceptors (Lipinski definition) is 8. The topological polar surface area (TPSA) is 120 Å². The zero-order valence-corrected chi connectivity index (χ0v) is 19.0. The highest BCUT2D eigenvalue weighted by Crippen LogP contribution is 2.28. The van der Waals surface area contributed by atoms with Crippen LogP contribution in [0.25, 0.3) is 5.70 Å². The van der Waals surface area contributed by atoms with Gasteiger partial charge in [0.05, 0.1) is 11.7 Å². The fraction of sp³-hybridized carbons (Fsp3) is 0.522. The molecule has 32 heavy (non-hydrogen) atoms. The van der Waals surface area contributed by atoms with Crippen LogP contribution in [0.2, 0.25) is 0 Å². The molecule has 0 saturated carbocycles. The fourth-order valence-electron chi connectivity index (χ4n) is 4.44. The van der Waals surface area contributed by atoms with Gasteiger partial charge >= 0.3 is 6.09 Å². The van der Waals surface area contributed by atoms with Crippen LogP contribution in [-0.2, 0) is 4.74 Å². The number of benzene rings is 1. The van der Waals surface area contributed by atoms with Crippen molar-refractivity contribution in [3.63, 3.8) is 0 Å². The van der Waals surface area contributed by atoms with Crippen molar-refractivity contribution in [1.29, 1.82) is 0 Å². The summed E-state index contributed by atoms with van der Waals surface area (Å²) >= 11 is 0. The fourth-order valence-corrected chi connectivity index (χ4v) is 4.44. The van der Waals surface area contributed by atoms with Crippen LogP contribution < -0.4 is 16.8 Å². The Morgan fingerprint density at radius 2 is 1.91 bits per heavy atom. The standard InChI is InChI=1S/C23H34N6O3/c1-23(2,3)32-22(31)28-13-16(14-28)27-8-9-29-15(12-27)11-26-21(25)19(29)10-18(24)17-6-4-5-7-20(17)30/h4-7,10,15-16,26,30H,8-9,11-14,24-25H2,1-3H3/b18-10-. The van der Waals surface area contributed by atoms with Crippen LogP contribution in [0.15, 0.2) is 41.9 Å². The van der Waals surface area contributed by atoms with Crippen LogP contribution in [0.4, 0.5) is 4.79 Å². The number of nitrogens with one attached hydrogen (secondary N) is 1. The largest absolute Gasteiger partial charge is 0.507 e. The number of rotatable bonds is 3. The number of ether oxygens (including phenoxy) is 1. The summed E-state index contributed by atoms with van der Waals surface area (Å²) in [5, 5.41) is 13.4. The third-order valence-corrected chi connectivity index (χ3v) is 6.17. The van der Waals surface area contributed by atoms with Gasteiger partial charge in [-0.3, -0.25) is 4.90 Å². The summed E-state index contributed by atoms with van der Waals surface area (Å²) in [7, 11) is 0. The second-order valence-corrected chi connectivity index (χ2v) is 9.68. The Bertz CT molecular complexity index is 932. The highest BCUT2D eigenvalue weighted by atomic mass is 16.6. The van der Waals surface area contributed by atoms with Gasteiger partial charge in [0.15, 0.2) is 0 Å². The van der Waals surface area contributed by atoms with Crippen LogP contribution in [0, 0.1) is 0 Å². The Hall–Kier alpha value is -3.07. The number of amides is 1. The summed E-state index contributed by atoms with van der Waals surface area (Å²) in [6, 6.07) is 7.60. The van der Waals surface area contributed by atoms with E-state index < -0.39 is 5.60 Å². The van der Waals surface area contributed by atoms with Gasteiger partial charge in [0, 0.05) is 56.6 Å². The Labute approximate surface area is 189 Å².